The predicted molar refractivity (Wildman–Crippen MR) is 56.6 cm³/mol. The topological polar surface area (TPSA) is 89.8 Å². The molecule has 1 aromatic carbocycles. The summed E-state index contributed by atoms with van der Waals surface area (Å²) in [6.07, 6.45) is 1.51. The fourth-order valence-electron chi connectivity index (χ4n) is 1.20. The largest absolute Gasteiger partial charge is 0.421 e. The van der Waals surface area contributed by atoms with E-state index >= 15 is 0 Å². The van der Waals surface area contributed by atoms with E-state index in [-0.39, 0.29) is 11.7 Å². The average molecular weight is 215 g/mol. The van der Waals surface area contributed by atoms with Crippen LogP contribution in [-0.4, -0.2) is 14.8 Å². The molecule has 6 heteroatoms. The Morgan fingerprint density at radius 3 is 2.94 bits per heavy atom. The molecule has 0 saturated carbocycles. The molecule has 0 radical (unpaired) electrons. The molecule has 0 bridgehead atoms. The van der Waals surface area contributed by atoms with Crippen molar-refractivity contribution in [2.75, 3.05) is 5.73 Å². The lowest BCUT2D eigenvalue weighted by Crippen LogP contribution is -1.96. The molecule has 0 aliphatic heterocycles. The zero-order valence-corrected chi connectivity index (χ0v) is 8.58. The van der Waals surface area contributed by atoms with Gasteiger partial charge < -0.3 is 10.5 Å². The molecule has 1 aromatic heterocycles. The van der Waals surface area contributed by atoms with Gasteiger partial charge >= 0.3 is 6.01 Å². The van der Waals surface area contributed by atoms with E-state index in [2.05, 4.69) is 10.1 Å². The van der Waals surface area contributed by atoms with Crippen LogP contribution in [0.5, 0.6) is 11.8 Å². The number of benzene rings is 1. The molecule has 0 aliphatic carbocycles. The van der Waals surface area contributed by atoms with Gasteiger partial charge in [0.2, 0.25) is 0 Å². The zero-order chi connectivity index (χ0) is 11.5. The minimum absolute atomic E-state index is 0.198. The molecule has 2 rings (SSSR count). The van der Waals surface area contributed by atoms with Gasteiger partial charge in [0.05, 0.1) is 11.3 Å². The predicted octanol–water partition coefficient (Wildman–Crippen LogP) is 1.06. The first-order valence-corrected chi connectivity index (χ1v) is 4.53. The van der Waals surface area contributed by atoms with Crippen molar-refractivity contribution in [3.63, 3.8) is 0 Å². The molecular formula is C10H9N5O. The van der Waals surface area contributed by atoms with E-state index in [1.807, 2.05) is 6.07 Å². The van der Waals surface area contributed by atoms with Gasteiger partial charge in [0.25, 0.3) is 0 Å². The van der Waals surface area contributed by atoms with E-state index in [9.17, 15) is 0 Å². The Balaban J connectivity index is 2.32. The number of hydrogen-bond donors (Lipinski definition) is 1. The monoisotopic (exact) mass is 215 g/mol. The first-order chi connectivity index (χ1) is 7.70. The molecule has 0 saturated heterocycles. The van der Waals surface area contributed by atoms with Crippen molar-refractivity contribution in [3.8, 4) is 17.8 Å². The Morgan fingerprint density at radius 1 is 1.50 bits per heavy atom. The van der Waals surface area contributed by atoms with Crippen molar-refractivity contribution in [1.82, 2.24) is 14.8 Å². The summed E-state index contributed by atoms with van der Waals surface area (Å²) in [6, 6.07) is 7.14. The SMILES string of the molecule is Cn1cnc(Oc2cccc(C#N)c2N)n1. The highest BCUT2D eigenvalue weighted by atomic mass is 16.5. The summed E-state index contributed by atoms with van der Waals surface area (Å²) in [7, 11) is 1.73. The maximum Gasteiger partial charge on any atom is 0.341 e. The molecule has 0 spiro atoms. The molecule has 0 atom stereocenters. The van der Waals surface area contributed by atoms with Crippen LogP contribution in [0.4, 0.5) is 5.69 Å². The Morgan fingerprint density at radius 2 is 2.31 bits per heavy atom. The first-order valence-electron chi connectivity index (χ1n) is 4.53. The number of aromatic nitrogens is 3. The number of nitrogen functional groups attached to an aromatic ring is 1. The third-order valence-electron chi connectivity index (χ3n) is 1.97. The van der Waals surface area contributed by atoms with Crippen molar-refractivity contribution in [1.29, 1.82) is 5.26 Å². The number of para-hydroxylation sites is 1. The lowest BCUT2D eigenvalue weighted by Gasteiger charge is -2.05. The summed E-state index contributed by atoms with van der Waals surface area (Å²) in [5.41, 5.74) is 6.40. The Hall–Kier alpha value is -2.55. The van der Waals surface area contributed by atoms with Gasteiger partial charge in [0.15, 0.2) is 5.75 Å². The number of nitrogens with two attached hydrogens (primary N) is 1. The highest BCUT2D eigenvalue weighted by Gasteiger charge is 2.08. The second-order valence-corrected chi connectivity index (χ2v) is 3.13. The molecule has 0 amide bonds. The number of hydrogen-bond acceptors (Lipinski definition) is 5. The minimum Gasteiger partial charge on any atom is -0.421 e. The molecule has 0 unspecified atom stereocenters. The molecule has 1 heterocycles. The van der Waals surface area contributed by atoms with Crippen LogP contribution >= 0.6 is 0 Å². The molecule has 0 fully saturated rings. The number of nitriles is 1. The van der Waals surface area contributed by atoms with Crippen LogP contribution in [0.15, 0.2) is 24.5 Å². The standard InChI is InChI=1S/C10H9N5O/c1-15-6-13-10(14-15)16-8-4-2-3-7(5-11)9(8)12/h2-4,6H,12H2,1H3. The minimum atomic E-state index is 0.198. The second kappa shape index (κ2) is 3.90. The molecule has 2 N–H and O–H groups in total. The fraction of sp³-hybridized carbons (Fsp3) is 0.100. The second-order valence-electron chi connectivity index (χ2n) is 3.13. The maximum absolute atomic E-state index is 8.79. The summed E-state index contributed by atoms with van der Waals surface area (Å²) < 4.78 is 6.87. The van der Waals surface area contributed by atoms with Crippen molar-refractivity contribution in [3.05, 3.63) is 30.1 Å². The van der Waals surface area contributed by atoms with Gasteiger partial charge in [-0.3, -0.25) is 4.68 Å². The molecule has 6 nitrogen and oxygen atoms in total. The molecule has 80 valence electrons. The Bertz CT molecular complexity index is 555. The van der Waals surface area contributed by atoms with Crippen LogP contribution < -0.4 is 10.5 Å². The maximum atomic E-state index is 8.79. The van der Waals surface area contributed by atoms with Crippen molar-refractivity contribution >= 4 is 5.69 Å². The van der Waals surface area contributed by atoms with Gasteiger partial charge in [-0.2, -0.15) is 10.2 Å². The van der Waals surface area contributed by atoms with Crippen molar-refractivity contribution in [2.45, 2.75) is 0 Å². The van der Waals surface area contributed by atoms with E-state index in [4.69, 9.17) is 15.7 Å². The highest BCUT2D eigenvalue weighted by Crippen LogP contribution is 2.27. The third-order valence-corrected chi connectivity index (χ3v) is 1.97. The Kier molecular flexibility index (Phi) is 2.44. The van der Waals surface area contributed by atoms with Gasteiger partial charge in [0, 0.05) is 7.05 Å². The highest BCUT2D eigenvalue weighted by molar-refractivity contribution is 5.63. The molecule has 16 heavy (non-hydrogen) atoms. The molecule has 2 aromatic rings. The van der Waals surface area contributed by atoms with Crippen molar-refractivity contribution in [2.24, 2.45) is 7.05 Å². The first kappa shape index (κ1) is 9.98. The summed E-state index contributed by atoms with van der Waals surface area (Å²) in [5, 5.41) is 12.7. The zero-order valence-electron chi connectivity index (χ0n) is 8.58. The van der Waals surface area contributed by atoms with Gasteiger partial charge in [0.1, 0.15) is 12.4 Å². The third kappa shape index (κ3) is 1.79. The lowest BCUT2D eigenvalue weighted by atomic mass is 10.2. The molecule has 0 aliphatic rings. The Labute approximate surface area is 91.9 Å². The van der Waals surface area contributed by atoms with Crippen LogP contribution in [0.3, 0.4) is 0 Å². The number of ether oxygens (including phenoxy) is 1. The fourth-order valence-corrected chi connectivity index (χ4v) is 1.20. The van der Waals surface area contributed by atoms with Gasteiger partial charge in [-0.15, -0.1) is 5.10 Å². The van der Waals surface area contributed by atoms with Crippen LogP contribution in [0.1, 0.15) is 5.56 Å². The summed E-state index contributed by atoms with van der Waals surface area (Å²) in [4.78, 5) is 3.90. The van der Waals surface area contributed by atoms with Gasteiger partial charge in [-0.1, -0.05) is 6.07 Å². The smallest absolute Gasteiger partial charge is 0.341 e. The van der Waals surface area contributed by atoms with E-state index in [0.717, 1.165) is 0 Å². The normalized spacial score (nSPS) is 9.75. The summed E-state index contributed by atoms with van der Waals surface area (Å²) >= 11 is 0. The number of aryl methyl sites for hydroxylation is 1. The van der Waals surface area contributed by atoms with Gasteiger partial charge in [-0.25, -0.2) is 0 Å². The van der Waals surface area contributed by atoms with Crippen LogP contribution in [0, 0.1) is 11.3 Å². The number of nitrogens with zero attached hydrogens (tertiary/aromatic N) is 4. The quantitative estimate of drug-likeness (QED) is 0.756. The summed E-state index contributed by atoms with van der Waals surface area (Å²) in [6.45, 7) is 0. The lowest BCUT2D eigenvalue weighted by molar-refractivity contribution is 0.441. The van der Waals surface area contributed by atoms with Gasteiger partial charge in [-0.05, 0) is 12.1 Å². The average Bonchev–Trinajstić information content (AvgIpc) is 2.67. The van der Waals surface area contributed by atoms with Crippen LogP contribution in [0.2, 0.25) is 0 Å². The van der Waals surface area contributed by atoms with Crippen molar-refractivity contribution < 1.29 is 4.74 Å². The van der Waals surface area contributed by atoms with E-state index < -0.39 is 0 Å². The van der Waals surface area contributed by atoms with Crippen LogP contribution in [0.25, 0.3) is 0 Å². The van der Waals surface area contributed by atoms with E-state index in [1.165, 1.54) is 11.0 Å². The summed E-state index contributed by atoms with van der Waals surface area (Å²) in [5.74, 6) is 0.380. The van der Waals surface area contributed by atoms with E-state index in [0.29, 0.717) is 11.3 Å². The molecular weight excluding hydrogens is 206 g/mol. The number of rotatable bonds is 2. The van der Waals surface area contributed by atoms with Crippen LogP contribution in [-0.2, 0) is 7.05 Å². The van der Waals surface area contributed by atoms with E-state index in [1.54, 1.807) is 25.2 Å². The number of anilines is 1.